The molecule has 22 heavy (non-hydrogen) atoms. The summed E-state index contributed by atoms with van der Waals surface area (Å²) in [4.78, 5) is 16.0. The van der Waals surface area contributed by atoms with Crippen LogP contribution in [0, 0.1) is 11.3 Å². The van der Waals surface area contributed by atoms with Crippen molar-refractivity contribution in [1.82, 2.24) is 10.3 Å². The molecule has 0 saturated heterocycles. The van der Waals surface area contributed by atoms with Gasteiger partial charge in [0.25, 0.3) is 5.91 Å². The lowest BCUT2D eigenvalue weighted by molar-refractivity contribution is -0.117. The SMILES string of the molecule is COc1ccc(CNC(=O)/C(C#N)=C\c2cccnc2)cc1. The van der Waals surface area contributed by atoms with Gasteiger partial charge >= 0.3 is 0 Å². The number of methoxy groups -OCH3 is 1. The second kappa shape index (κ2) is 7.60. The Balaban J connectivity index is 2.00. The molecule has 1 aromatic heterocycles. The van der Waals surface area contributed by atoms with Crippen LogP contribution in [-0.4, -0.2) is 18.0 Å². The van der Waals surface area contributed by atoms with E-state index in [1.807, 2.05) is 30.3 Å². The second-order valence-electron chi connectivity index (χ2n) is 4.49. The van der Waals surface area contributed by atoms with Crippen LogP contribution >= 0.6 is 0 Å². The number of hydrogen-bond donors (Lipinski definition) is 1. The molecule has 0 fully saturated rings. The number of ether oxygens (including phenoxy) is 1. The van der Waals surface area contributed by atoms with Gasteiger partial charge in [0.05, 0.1) is 7.11 Å². The topological polar surface area (TPSA) is 75.0 Å². The molecule has 0 unspecified atom stereocenters. The summed E-state index contributed by atoms with van der Waals surface area (Å²) in [5.74, 6) is 0.339. The lowest BCUT2D eigenvalue weighted by Gasteiger charge is -2.05. The van der Waals surface area contributed by atoms with E-state index in [4.69, 9.17) is 10.00 Å². The highest BCUT2D eigenvalue weighted by atomic mass is 16.5. The smallest absolute Gasteiger partial charge is 0.262 e. The molecule has 2 aromatic rings. The first-order valence-corrected chi connectivity index (χ1v) is 6.66. The van der Waals surface area contributed by atoms with Gasteiger partial charge in [-0.3, -0.25) is 9.78 Å². The highest BCUT2D eigenvalue weighted by molar-refractivity contribution is 6.01. The first kappa shape index (κ1) is 15.3. The fourth-order valence-corrected chi connectivity index (χ4v) is 1.80. The van der Waals surface area contributed by atoms with E-state index in [-0.39, 0.29) is 5.57 Å². The second-order valence-corrected chi connectivity index (χ2v) is 4.49. The maximum Gasteiger partial charge on any atom is 0.262 e. The van der Waals surface area contributed by atoms with Crippen molar-refractivity contribution in [1.29, 1.82) is 5.26 Å². The van der Waals surface area contributed by atoms with Crippen LogP contribution in [0.25, 0.3) is 6.08 Å². The minimum atomic E-state index is -0.415. The number of carbonyl (C=O) groups is 1. The van der Waals surface area contributed by atoms with Gasteiger partial charge in [0.2, 0.25) is 0 Å². The molecule has 0 saturated carbocycles. The molecule has 2 rings (SSSR count). The van der Waals surface area contributed by atoms with Crippen molar-refractivity contribution in [3.63, 3.8) is 0 Å². The van der Waals surface area contributed by atoms with Crippen molar-refractivity contribution in [3.05, 3.63) is 65.5 Å². The number of carbonyl (C=O) groups excluding carboxylic acids is 1. The van der Waals surface area contributed by atoms with E-state index in [0.29, 0.717) is 12.1 Å². The van der Waals surface area contributed by atoms with Crippen molar-refractivity contribution >= 4 is 12.0 Å². The number of hydrogen-bond acceptors (Lipinski definition) is 4. The Labute approximate surface area is 128 Å². The van der Waals surface area contributed by atoms with Crippen LogP contribution in [0.4, 0.5) is 0 Å². The maximum absolute atomic E-state index is 12.0. The normalized spacial score (nSPS) is 10.6. The zero-order valence-corrected chi connectivity index (χ0v) is 12.1. The van der Waals surface area contributed by atoms with Gasteiger partial charge in [-0.2, -0.15) is 5.26 Å². The molecular formula is C17H15N3O2. The summed E-state index contributed by atoms with van der Waals surface area (Å²) in [5.41, 5.74) is 1.67. The molecule has 1 N–H and O–H groups in total. The van der Waals surface area contributed by atoms with E-state index in [1.165, 1.54) is 6.08 Å². The van der Waals surface area contributed by atoms with E-state index < -0.39 is 5.91 Å². The average Bonchev–Trinajstić information content (AvgIpc) is 2.59. The van der Waals surface area contributed by atoms with Gasteiger partial charge in [0.15, 0.2) is 0 Å². The number of pyridine rings is 1. The Morgan fingerprint density at radius 3 is 2.73 bits per heavy atom. The third-order valence-electron chi connectivity index (χ3n) is 2.97. The fraction of sp³-hybridized carbons (Fsp3) is 0.118. The van der Waals surface area contributed by atoms with Crippen LogP contribution in [0.2, 0.25) is 0 Å². The number of nitriles is 1. The summed E-state index contributed by atoms with van der Waals surface area (Å²) in [5, 5.41) is 11.8. The third-order valence-corrected chi connectivity index (χ3v) is 2.97. The molecule has 5 heteroatoms. The highest BCUT2D eigenvalue weighted by Crippen LogP contribution is 2.11. The number of nitrogens with one attached hydrogen (secondary N) is 1. The number of rotatable bonds is 5. The molecule has 0 aliphatic heterocycles. The van der Waals surface area contributed by atoms with Gasteiger partial charge < -0.3 is 10.1 Å². The summed E-state index contributed by atoms with van der Waals surface area (Å²) in [7, 11) is 1.60. The molecule has 0 atom stereocenters. The largest absolute Gasteiger partial charge is 0.497 e. The first-order valence-electron chi connectivity index (χ1n) is 6.66. The Morgan fingerprint density at radius 1 is 1.36 bits per heavy atom. The van der Waals surface area contributed by atoms with Crippen LogP contribution in [0.15, 0.2) is 54.4 Å². The van der Waals surface area contributed by atoms with Crippen LogP contribution < -0.4 is 10.1 Å². The van der Waals surface area contributed by atoms with Gasteiger partial charge in [-0.15, -0.1) is 0 Å². The van der Waals surface area contributed by atoms with E-state index >= 15 is 0 Å². The molecule has 1 heterocycles. The molecule has 1 amide bonds. The standard InChI is InChI=1S/C17H15N3O2/c1-22-16-6-4-13(5-7-16)12-20-17(21)15(10-18)9-14-3-2-8-19-11-14/h2-9,11H,12H2,1H3,(H,20,21)/b15-9-. The Kier molecular flexibility index (Phi) is 5.27. The van der Waals surface area contributed by atoms with Crippen LogP contribution in [0.1, 0.15) is 11.1 Å². The minimum Gasteiger partial charge on any atom is -0.497 e. The fourth-order valence-electron chi connectivity index (χ4n) is 1.80. The van der Waals surface area contributed by atoms with Crippen LogP contribution in [-0.2, 0) is 11.3 Å². The molecule has 0 bridgehead atoms. The summed E-state index contributed by atoms with van der Waals surface area (Å²) >= 11 is 0. The van der Waals surface area contributed by atoms with Gasteiger partial charge in [0, 0.05) is 18.9 Å². The summed E-state index contributed by atoms with van der Waals surface area (Å²) in [6.07, 6.45) is 4.73. The molecular weight excluding hydrogens is 278 g/mol. The van der Waals surface area contributed by atoms with Crippen LogP contribution in [0.5, 0.6) is 5.75 Å². The van der Waals surface area contributed by atoms with Gasteiger partial charge in [-0.1, -0.05) is 18.2 Å². The number of amides is 1. The van der Waals surface area contributed by atoms with Crippen molar-refractivity contribution in [2.75, 3.05) is 7.11 Å². The summed E-state index contributed by atoms with van der Waals surface area (Å²) in [6.45, 7) is 0.342. The van der Waals surface area contributed by atoms with Crippen LogP contribution in [0.3, 0.4) is 0 Å². The first-order chi connectivity index (χ1) is 10.7. The Hall–Kier alpha value is -3.13. The number of aromatic nitrogens is 1. The molecule has 5 nitrogen and oxygen atoms in total. The predicted octanol–water partition coefficient (Wildman–Crippen LogP) is 2.31. The van der Waals surface area contributed by atoms with Gasteiger partial charge in [0.1, 0.15) is 17.4 Å². The van der Waals surface area contributed by atoms with Crippen molar-refractivity contribution in [3.8, 4) is 11.8 Å². The minimum absolute atomic E-state index is 0.0431. The molecule has 0 aliphatic rings. The molecule has 0 radical (unpaired) electrons. The molecule has 0 aliphatic carbocycles. The maximum atomic E-state index is 12.0. The predicted molar refractivity (Wildman–Crippen MR) is 82.7 cm³/mol. The zero-order chi connectivity index (χ0) is 15.8. The van der Waals surface area contributed by atoms with Crippen molar-refractivity contribution < 1.29 is 9.53 Å². The van der Waals surface area contributed by atoms with Gasteiger partial charge in [-0.05, 0) is 35.4 Å². The number of nitrogens with zero attached hydrogens (tertiary/aromatic N) is 2. The van der Waals surface area contributed by atoms with E-state index in [1.54, 1.807) is 31.6 Å². The quantitative estimate of drug-likeness (QED) is 0.678. The van der Waals surface area contributed by atoms with E-state index in [0.717, 1.165) is 11.3 Å². The zero-order valence-electron chi connectivity index (χ0n) is 12.1. The summed E-state index contributed by atoms with van der Waals surface area (Å²) in [6, 6.07) is 12.8. The Morgan fingerprint density at radius 2 is 2.14 bits per heavy atom. The molecule has 110 valence electrons. The highest BCUT2D eigenvalue weighted by Gasteiger charge is 2.08. The van der Waals surface area contributed by atoms with Gasteiger partial charge in [-0.25, -0.2) is 0 Å². The summed E-state index contributed by atoms with van der Waals surface area (Å²) < 4.78 is 5.07. The van der Waals surface area contributed by atoms with Crippen molar-refractivity contribution in [2.45, 2.75) is 6.54 Å². The lowest BCUT2D eigenvalue weighted by atomic mass is 10.1. The molecule has 0 spiro atoms. The lowest BCUT2D eigenvalue weighted by Crippen LogP contribution is -2.23. The molecule has 1 aromatic carbocycles. The monoisotopic (exact) mass is 293 g/mol. The Bertz CT molecular complexity index is 701. The number of benzene rings is 1. The third kappa shape index (κ3) is 4.18. The van der Waals surface area contributed by atoms with E-state index in [9.17, 15) is 4.79 Å². The average molecular weight is 293 g/mol. The van der Waals surface area contributed by atoms with Crippen molar-refractivity contribution in [2.24, 2.45) is 0 Å². The van der Waals surface area contributed by atoms with E-state index in [2.05, 4.69) is 10.3 Å².